The summed E-state index contributed by atoms with van der Waals surface area (Å²) in [7, 11) is -4.12. The molecule has 0 spiro atoms. The predicted octanol–water partition coefficient (Wildman–Crippen LogP) is 4.36. The van der Waals surface area contributed by atoms with Gasteiger partial charge in [-0.15, -0.1) is 0 Å². The summed E-state index contributed by atoms with van der Waals surface area (Å²) in [6.45, 7) is 6.58. The third-order valence-corrected chi connectivity index (χ3v) is 7.61. The van der Waals surface area contributed by atoms with Gasteiger partial charge in [0, 0.05) is 31.3 Å². The molecule has 0 bridgehead atoms. The van der Waals surface area contributed by atoms with Crippen LogP contribution >= 0.6 is 0 Å². The molecule has 1 saturated heterocycles. The summed E-state index contributed by atoms with van der Waals surface area (Å²) < 4.78 is 53.0. The van der Waals surface area contributed by atoms with E-state index >= 15 is 0 Å². The van der Waals surface area contributed by atoms with Crippen LogP contribution < -0.4 is 4.72 Å². The lowest BCUT2D eigenvalue weighted by Gasteiger charge is -2.35. The standard InChI is InChI=1S/C28H31FN2O7S/c1-18-16-31(17-19(2)38-18)11-4-12-37-28(34)24-9-8-22(15-27(24)33)30-39(35,36)23-6-3-5-20(13-23)25-14-21(29)7-10-26(25)32/h3,5-10,13-15,18-19,30,32-33H,4,11-12,16-17H2,1-2H3. The van der Waals surface area contributed by atoms with Crippen LogP contribution in [0.3, 0.4) is 0 Å². The third-order valence-electron chi connectivity index (χ3n) is 6.23. The third kappa shape index (κ3) is 7.25. The molecule has 11 heteroatoms. The van der Waals surface area contributed by atoms with E-state index in [1.807, 2.05) is 13.8 Å². The number of hydrogen-bond acceptors (Lipinski definition) is 8. The number of halogens is 1. The van der Waals surface area contributed by atoms with Crippen molar-refractivity contribution in [2.45, 2.75) is 37.4 Å². The van der Waals surface area contributed by atoms with Crippen molar-refractivity contribution in [1.82, 2.24) is 4.90 Å². The summed E-state index contributed by atoms with van der Waals surface area (Å²) in [4.78, 5) is 14.6. The molecule has 1 aliphatic heterocycles. The summed E-state index contributed by atoms with van der Waals surface area (Å²) in [6.07, 6.45) is 0.918. The molecule has 0 radical (unpaired) electrons. The molecule has 0 aliphatic carbocycles. The number of esters is 1. The summed E-state index contributed by atoms with van der Waals surface area (Å²) in [6, 6.07) is 12.8. The van der Waals surface area contributed by atoms with Crippen molar-refractivity contribution >= 4 is 21.7 Å². The van der Waals surface area contributed by atoms with Crippen LogP contribution in [0.4, 0.5) is 10.1 Å². The number of nitrogens with one attached hydrogen (secondary N) is 1. The minimum atomic E-state index is -4.12. The van der Waals surface area contributed by atoms with Crippen molar-refractivity contribution in [2.24, 2.45) is 0 Å². The van der Waals surface area contributed by atoms with Gasteiger partial charge >= 0.3 is 5.97 Å². The first-order valence-electron chi connectivity index (χ1n) is 12.5. The zero-order valence-electron chi connectivity index (χ0n) is 21.6. The van der Waals surface area contributed by atoms with Gasteiger partial charge in [0.1, 0.15) is 22.9 Å². The first kappa shape index (κ1) is 28.3. The normalized spacial score (nSPS) is 18.0. The van der Waals surface area contributed by atoms with Gasteiger partial charge in [-0.25, -0.2) is 17.6 Å². The maximum absolute atomic E-state index is 13.7. The monoisotopic (exact) mass is 558 g/mol. The zero-order chi connectivity index (χ0) is 28.2. The van der Waals surface area contributed by atoms with Gasteiger partial charge in [0.05, 0.1) is 29.4 Å². The van der Waals surface area contributed by atoms with Crippen LogP contribution in [0.25, 0.3) is 11.1 Å². The predicted molar refractivity (Wildman–Crippen MR) is 144 cm³/mol. The Morgan fingerprint density at radius 1 is 1.05 bits per heavy atom. The summed E-state index contributed by atoms with van der Waals surface area (Å²) in [5.74, 6) is -1.93. The highest BCUT2D eigenvalue weighted by molar-refractivity contribution is 7.92. The number of ether oxygens (including phenoxy) is 2. The number of benzene rings is 3. The van der Waals surface area contributed by atoms with E-state index in [4.69, 9.17) is 9.47 Å². The van der Waals surface area contributed by atoms with Crippen LogP contribution in [0.2, 0.25) is 0 Å². The molecule has 9 nitrogen and oxygen atoms in total. The molecule has 208 valence electrons. The van der Waals surface area contributed by atoms with E-state index in [2.05, 4.69) is 9.62 Å². The molecule has 39 heavy (non-hydrogen) atoms. The zero-order valence-corrected chi connectivity index (χ0v) is 22.4. The van der Waals surface area contributed by atoms with E-state index in [-0.39, 0.29) is 46.3 Å². The second-order valence-electron chi connectivity index (χ2n) is 9.53. The molecular formula is C28H31FN2O7S. The van der Waals surface area contributed by atoms with Gasteiger partial charge in [0.15, 0.2) is 0 Å². The van der Waals surface area contributed by atoms with Crippen molar-refractivity contribution < 1.29 is 37.3 Å². The maximum atomic E-state index is 13.7. The van der Waals surface area contributed by atoms with Gasteiger partial charge in [-0.3, -0.25) is 9.62 Å². The Hall–Kier alpha value is -3.67. The van der Waals surface area contributed by atoms with Crippen LogP contribution in [0, 0.1) is 5.82 Å². The largest absolute Gasteiger partial charge is 0.507 e. The Morgan fingerprint density at radius 3 is 2.51 bits per heavy atom. The Labute approximate surface area is 226 Å². The number of sulfonamides is 1. The van der Waals surface area contributed by atoms with Gasteiger partial charge in [0.25, 0.3) is 10.0 Å². The van der Waals surface area contributed by atoms with Gasteiger partial charge < -0.3 is 19.7 Å². The molecular weight excluding hydrogens is 527 g/mol. The molecule has 1 heterocycles. The number of hydrogen-bond donors (Lipinski definition) is 3. The fourth-order valence-corrected chi connectivity index (χ4v) is 5.64. The number of phenolic OH excluding ortho intramolecular Hbond substituents is 2. The number of rotatable bonds is 9. The number of nitrogens with zero attached hydrogens (tertiary/aromatic N) is 1. The number of aromatic hydroxyl groups is 2. The molecule has 0 aromatic heterocycles. The highest BCUT2D eigenvalue weighted by atomic mass is 32.2. The van der Waals surface area contributed by atoms with E-state index in [0.29, 0.717) is 12.0 Å². The van der Waals surface area contributed by atoms with Crippen LogP contribution in [-0.4, -0.2) is 67.9 Å². The lowest BCUT2D eigenvalue weighted by Crippen LogP contribution is -2.45. The summed E-state index contributed by atoms with van der Waals surface area (Å²) in [5.41, 5.74) is 0.379. The molecule has 4 rings (SSSR count). The highest BCUT2D eigenvalue weighted by Crippen LogP contribution is 2.32. The Kier molecular flexibility index (Phi) is 8.73. The van der Waals surface area contributed by atoms with Gasteiger partial charge in [-0.2, -0.15) is 0 Å². The van der Waals surface area contributed by atoms with E-state index in [0.717, 1.165) is 37.8 Å². The molecule has 0 amide bonds. The average molecular weight is 559 g/mol. The summed E-state index contributed by atoms with van der Waals surface area (Å²) in [5, 5.41) is 20.4. The number of carbonyl (C=O) groups excluding carboxylic acids is 1. The van der Waals surface area contributed by atoms with Gasteiger partial charge in [0.2, 0.25) is 0 Å². The lowest BCUT2D eigenvalue weighted by molar-refractivity contribution is -0.0689. The van der Waals surface area contributed by atoms with Crippen molar-refractivity contribution in [2.75, 3.05) is 31.0 Å². The molecule has 2 atom stereocenters. The molecule has 3 aromatic rings. The fourth-order valence-electron chi connectivity index (χ4n) is 4.55. The van der Waals surface area contributed by atoms with Crippen LogP contribution in [0.5, 0.6) is 11.5 Å². The van der Waals surface area contributed by atoms with Crippen molar-refractivity contribution in [3.8, 4) is 22.6 Å². The lowest BCUT2D eigenvalue weighted by atomic mass is 10.0. The molecule has 3 N–H and O–H groups in total. The van der Waals surface area contributed by atoms with Crippen LogP contribution in [-0.2, 0) is 19.5 Å². The van der Waals surface area contributed by atoms with E-state index in [1.54, 1.807) is 6.07 Å². The maximum Gasteiger partial charge on any atom is 0.341 e. The first-order valence-corrected chi connectivity index (χ1v) is 14.0. The Morgan fingerprint density at radius 2 is 1.79 bits per heavy atom. The van der Waals surface area contributed by atoms with Crippen molar-refractivity contribution in [3.05, 3.63) is 72.0 Å². The highest BCUT2D eigenvalue weighted by Gasteiger charge is 2.22. The average Bonchev–Trinajstić information content (AvgIpc) is 2.87. The van der Waals surface area contributed by atoms with Crippen LogP contribution in [0.1, 0.15) is 30.6 Å². The SMILES string of the molecule is CC1CN(CCCOC(=O)c2ccc(NS(=O)(=O)c3cccc(-c4cc(F)ccc4O)c3)cc2O)CC(C)O1. The first-order chi connectivity index (χ1) is 18.5. The molecule has 0 saturated carbocycles. The summed E-state index contributed by atoms with van der Waals surface area (Å²) >= 11 is 0. The second kappa shape index (κ2) is 12.0. The second-order valence-corrected chi connectivity index (χ2v) is 11.2. The minimum absolute atomic E-state index is 0.0265. The Balaban J connectivity index is 1.37. The number of carbonyl (C=O) groups is 1. The Bertz CT molecular complexity index is 1440. The van der Waals surface area contributed by atoms with E-state index in [9.17, 15) is 27.8 Å². The number of anilines is 1. The molecule has 3 aromatic carbocycles. The molecule has 2 unspecified atom stereocenters. The molecule has 1 fully saturated rings. The molecule has 1 aliphatic rings. The van der Waals surface area contributed by atoms with Gasteiger partial charge in [-0.1, -0.05) is 12.1 Å². The number of phenols is 2. The van der Waals surface area contributed by atoms with E-state index in [1.165, 1.54) is 36.4 Å². The minimum Gasteiger partial charge on any atom is -0.507 e. The fraction of sp³-hybridized carbons (Fsp3) is 0.321. The van der Waals surface area contributed by atoms with Crippen molar-refractivity contribution in [1.29, 1.82) is 0 Å². The van der Waals surface area contributed by atoms with Crippen LogP contribution in [0.15, 0.2) is 65.6 Å². The van der Waals surface area contributed by atoms with Crippen molar-refractivity contribution in [3.63, 3.8) is 0 Å². The topological polar surface area (TPSA) is 125 Å². The van der Waals surface area contributed by atoms with Gasteiger partial charge in [-0.05, 0) is 68.3 Å². The quantitative estimate of drug-likeness (QED) is 0.261. The number of morpholine rings is 1. The van der Waals surface area contributed by atoms with E-state index < -0.39 is 27.6 Å². The smallest absolute Gasteiger partial charge is 0.341 e.